The minimum absolute atomic E-state index is 0.213. The molecule has 1 aliphatic rings. The molecule has 9 heteroatoms. The summed E-state index contributed by atoms with van der Waals surface area (Å²) in [6, 6.07) is 11.8. The van der Waals surface area contributed by atoms with Crippen LogP contribution in [0, 0.1) is 11.8 Å². The van der Waals surface area contributed by atoms with Crippen LogP contribution in [0.2, 0.25) is 0 Å². The molecule has 0 saturated carbocycles. The predicted molar refractivity (Wildman–Crippen MR) is 123 cm³/mol. The Kier molecular flexibility index (Phi) is 5.98. The molecule has 1 aliphatic heterocycles. The van der Waals surface area contributed by atoms with Crippen LogP contribution in [0.25, 0.3) is 10.2 Å². The summed E-state index contributed by atoms with van der Waals surface area (Å²) in [5.74, 6) is 0.350. The van der Waals surface area contributed by atoms with Gasteiger partial charge in [-0.2, -0.15) is 4.31 Å². The van der Waals surface area contributed by atoms with Crippen molar-refractivity contribution in [1.82, 2.24) is 9.29 Å². The number of anilines is 1. The number of sulfonamides is 1. The summed E-state index contributed by atoms with van der Waals surface area (Å²) in [4.78, 5) is 17.2. The number of piperidine rings is 1. The number of rotatable bonds is 4. The van der Waals surface area contributed by atoms with Crippen molar-refractivity contribution in [1.29, 1.82) is 0 Å². The van der Waals surface area contributed by atoms with Crippen molar-refractivity contribution in [3.05, 3.63) is 52.5 Å². The van der Waals surface area contributed by atoms with Crippen molar-refractivity contribution in [2.24, 2.45) is 11.8 Å². The van der Waals surface area contributed by atoms with Crippen LogP contribution in [0.5, 0.6) is 0 Å². The monoisotopic (exact) mass is 507 g/mol. The average Bonchev–Trinajstić information content (AvgIpc) is 3.08. The summed E-state index contributed by atoms with van der Waals surface area (Å²) in [6.07, 6.45) is 1.04. The van der Waals surface area contributed by atoms with Crippen LogP contribution in [-0.4, -0.2) is 36.7 Å². The van der Waals surface area contributed by atoms with Crippen molar-refractivity contribution < 1.29 is 13.2 Å². The lowest BCUT2D eigenvalue weighted by atomic mass is 9.94. The molecule has 0 radical (unpaired) electrons. The molecule has 2 atom stereocenters. The first kappa shape index (κ1) is 21.4. The number of benzene rings is 2. The highest BCUT2D eigenvalue weighted by molar-refractivity contribution is 9.10. The van der Waals surface area contributed by atoms with Gasteiger partial charge in [0.25, 0.3) is 5.91 Å². The van der Waals surface area contributed by atoms with E-state index in [9.17, 15) is 13.2 Å². The van der Waals surface area contributed by atoms with Gasteiger partial charge < -0.3 is 0 Å². The van der Waals surface area contributed by atoms with E-state index in [1.807, 2.05) is 18.2 Å². The number of aromatic nitrogens is 1. The van der Waals surface area contributed by atoms with Gasteiger partial charge in [-0.15, -0.1) is 0 Å². The second kappa shape index (κ2) is 8.37. The molecule has 1 fully saturated rings. The van der Waals surface area contributed by atoms with Crippen LogP contribution in [0.4, 0.5) is 5.13 Å². The van der Waals surface area contributed by atoms with Gasteiger partial charge >= 0.3 is 0 Å². The van der Waals surface area contributed by atoms with Crippen LogP contribution in [-0.2, 0) is 10.0 Å². The summed E-state index contributed by atoms with van der Waals surface area (Å²) >= 11 is 4.81. The highest BCUT2D eigenvalue weighted by atomic mass is 79.9. The number of amides is 1. The van der Waals surface area contributed by atoms with Crippen LogP contribution < -0.4 is 5.32 Å². The summed E-state index contributed by atoms with van der Waals surface area (Å²) < 4.78 is 29.5. The molecule has 2 heterocycles. The maximum absolute atomic E-state index is 13.0. The first-order valence-electron chi connectivity index (χ1n) is 9.70. The zero-order chi connectivity index (χ0) is 21.5. The topological polar surface area (TPSA) is 79.4 Å². The molecule has 0 aliphatic carbocycles. The summed E-state index contributed by atoms with van der Waals surface area (Å²) in [5.41, 5.74) is 1.19. The Morgan fingerprint density at radius 3 is 2.47 bits per heavy atom. The normalized spacial score (nSPS) is 20.4. The highest BCUT2D eigenvalue weighted by Gasteiger charge is 2.31. The lowest BCUT2D eigenvalue weighted by Gasteiger charge is -2.34. The Labute approximate surface area is 188 Å². The van der Waals surface area contributed by atoms with Crippen molar-refractivity contribution in [2.45, 2.75) is 25.2 Å². The number of thiazole rings is 1. The molecule has 30 heavy (non-hydrogen) atoms. The molecular formula is C21H22BrN3O3S2. The van der Waals surface area contributed by atoms with E-state index in [0.29, 0.717) is 35.6 Å². The Morgan fingerprint density at radius 1 is 1.13 bits per heavy atom. The lowest BCUT2D eigenvalue weighted by Crippen LogP contribution is -2.42. The minimum atomic E-state index is -3.56. The van der Waals surface area contributed by atoms with Crippen LogP contribution in [0.3, 0.4) is 0 Å². The van der Waals surface area contributed by atoms with Gasteiger partial charge in [0, 0.05) is 23.1 Å². The van der Waals surface area contributed by atoms with Gasteiger partial charge in [0.05, 0.1) is 15.1 Å². The molecule has 4 rings (SSSR count). The van der Waals surface area contributed by atoms with E-state index in [4.69, 9.17) is 0 Å². The van der Waals surface area contributed by atoms with E-state index >= 15 is 0 Å². The number of carbonyl (C=O) groups excluding carboxylic acids is 1. The third kappa shape index (κ3) is 4.44. The third-order valence-corrected chi connectivity index (χ3v) is 8.43. The fraction of sp³-hybridized carbons (Fsp3) is 0.333. The number of carbonyl (C=O) groups is 1. The van der Waals surface area contributed by atoms with Gasteiger partial charge in [-0.05, 0) is 60.7 Å². The van der Waals surface area contributed by atoms with Gasteiger partial charge in [-0.1, -0.05) is 41.1 Å². The quantitative estimate of drug-likeness (QED) is 0.539. The summed E-state index contributed by atoms with van der Waals surface area (Å²) in [5, 5.41) is 3.29. The van der Waals surface area contributed by atoms with E-state index in [2.05, 4.69) is 40.1 Å². The molecule has 0 bridgehead atoms. The van der Waals surface area contributed by atoms with Crippen LogP contribution in [0.1, 0.15) is 30.6 Å². The molecule has 0 spiro atoms. The second-order valence-corrected chi connectivity index (χ2v) is 11.8. The van der Waals surface area contributed by atoms with Crippen molar-refractivity contribution in [2.75, 3.05) is 18.4 Å². The maximum Gasteiger partial charge on any atom is 0.257 e. The van der Waals surface area contributed by atoms with E-state index in [1.165, 1.54) is 23.5 Å². The first-order valence-corrected chi connectivity index (χ1v) is 12.7. The van der Waals surface area contributed by atoms with Crippen LogP contribution in [0.15, 0.2) is 51.8 Å². The molecule has 158 valence electrons. The summed E-state index contributed by atoms with van der Waals surface area (Å²) in [7, 11) is -3.56. The Balaban J connectivity index is 1.50. The molecule has 3 aromatic rings. The molecular weight excluding hydrogens is 486 g/mol. The smallest absolute Gasteiger partial charge is 0.257 e. The van der Waals surface area contributed by atoms with E-state index < -0.39 is 10.0 Å². The Bertz CT molecular complexity index is 1180. The third-order valence-electron chi connectivity index (χ3n) is 5.16. The van der Waals surface area contributed by atoms with Gasteiger partial charge in [-0.3, -0.25) is 10.1 Å². The van der Waals surface area contributed by atoms with Crippen molar-refractivity contribution in [3.8, 4) is 0 Å². The molecule has 1 saturated heterocycles. The average molecular weight is 508 g/mol. The van der Waals surface area contributed by atoms with Crippen LogP contribution >= 0.6 is 27.3 Å². The predicted octanol–water partition coefficient (Wildman–Crippen LogP) is 4.98. The fourth-order valence-electron chi connectivity index (χ4n) is 3.85. The molecule has 6 nitrogen and oxygen atoms in total. The maximum atomic E-state index is 13.0. The lowest BCUT2D eigenvalue weighted by molar-refractivity contribution is 0.102. The van der Waals surface area contributed by atoms with Crippen molar-refractivity contribution in [3.63, 3.8) is 0 Å². The van der Waals surface area contributed by atoms with Crippen molar-refractivity contribution >= 4 is 58.5 Å². The zero-order valence-corrected chi connectivity index (χ0v) is 19.9. The highest BCUT2D eigenvalue weighted by Crippen LogP contribution is 2.29. The fourth-order valence-corrected chi connectivity index (χ4v) is 6.94. The number of hydrogen-bond donors (Lipinski definition) is 1. The number of hydrogen-bond acceptors (Lipinski definition) is 5. The zero-order valence-electron chi connectivity index (χ0n) is 16.6. The van der Waals surface area contributed by atoms with Gasteiger partial charge in [0.2, 0.25) is 10.0 Å². The van der Waals surface area contributed by atoms with E-state index in [0.717, 1.165) is 21.1 Å². The molecule has 2 unspecified atom stereocenters. The van der Waals surface area contributed by atoms with Gasteiger partial charge in [-0.25, -0.2) is 13.4 Å². The van der Waals surface area contributed by atoms with E-state index in [1.54, 1.807) is 16.4 Å². The Morgan fingerprint density at radius 2 is 1.80 bits per heavy atom. The molecule has 1 N–H and O–H groups in total. The van der Waals surface area contributed by atoms with E-state index in [-0.39, 0.29) is 10.8 Å². The summed E-state index contributed by atoms with van der Waals surface area (Å²) in [6.45, 7) is 5.21. The standard InChI is InChI=1S/C21H22BrN3O3S2/c1-13-9-14(2)12-25(11-13)30(27,28)17-6-3-15(4-7-17)20(26)24-21-23-18-8-5-16(22)10-19(18)29-21/h3-8,10,13-14H,9,11-12H2,1-2H3,(H,23,24,26). The number of nitrogens with one attached hydrogen (secondary N) is 1. The number of fused-ring (bicyclic) bond motifs is 1. The SMILES string of the molecule is CC1CC(C)CN(S(=O)(=O)c2ccc(C(=O)Nc3nc4ccc(Br)cc4s3)cc2)C1. The number of halogens is 1. The van der Waals surface area contributed by atoms with Gasteiger partial charge in [0.15, 0.2) is 5.13 Å². The molecule has 2 aromatic carbocycles. The molecule has 1 aromatic heterocycles. The minimum Gasteiger partial charge on any atom is -0.298 e. The number of nitrogens with zero attached hydrogens (tertiary/aromatic N) is 2. The van der Waals surface area contributed by atoms with Gasteiger partial charge in [0.1, 0.15) is 0 Å². The second-order valence-electron chi connectivity index (χ2n) is 7.88. The Hall–Kier alpha value is -1.81. The molecule has 1 amide bonds. The first-order chi connectivity index (χ1) is 14.2. The largest absolute Gasteiger partial charge is 0.298 e.